The highest BCUT2D eigenvalue weighted by atomic mass is 15.1. The van der Waals surface area contributed by atoms with Crippen molar-refractivity contribution in [1.82, 2.24) is 4.90 Å². The molecule has 72 valence electrons. The molecule has 0 amide bonds. The topological polar surface area (TPSA) is 27.0 Å². The molecule has 1 aliphatic carbocycles. The Bertz CT molecular complexity index is 197. The predicted molar refractivity (Wildman–Crippen MR) is 54.3 cm³/mol. The van der Waals surface area contributed by atoms with Gasteiger partial charge in [0.05, 0.1) is 6.07 Å². The van der Waals surface area contributed by atoms with Gasteiger partial charge in [0.2, 0.25) is 0 Å². The molecule has 0 bridgehead atoms. The Kier molecular flexibility index (Phi) is 4.56. The number of hydrogen-bond donors (Lipinski definition) is 0. The second-order valence-corrected chi connectivity index (χ2v) is 3.76. The maximum atomic E-state index is 8.33. The van der Waals surface area contributed by atoms with Gasteiger partial charge in [-0.15, -0.1) is 0 Å². The Morgan fingerprint density at radius 1 is 1.38 bits per heavy atom. The first-order valence-corrected chi connectivity index (χ1v) is 5.09. The number of allylic oxidation sites excluding steroid dienone is 1. The summed E-state index contributed by atoms with van der Waals surface area (Å²) >= 11 is 0. The molecule has 1 saturated carbocycles. The molecule has 0 aromatic carbocycles. The quantitative estimate of drug-likeness (QED) is 0.620. The standard InChI is InChI=1S/C11H18N2/c1-13(10-6-5-9-12)11-7-3-2-4-8-11/h5-6,11H,2-4,7-8,10H2,1H3/b6-5+. The van der Waals surface area contributed by atoms with E-state index in [1.54, 1.807) is 6.08 Å². The van der Waals surface area contributed by atoms with E-state index in [2.05, 4.69) is 11.9 Å². The van der Waals surface area contributed by atoms with E-state index in [-0.39, 0.29) is 0 Å². The molecule has 13 heavy (non-hydrogen) atoms. The van der Waals surface area contributed by atoms with Gasteiger partial charge in [-0.1, -0.05) is 25.3 Å². The third-order valence-electron chi connectivity index (χ3n) is 2.78. The minimum atomic E-state index is 0.747. The van der Waals surface area contributed by atoms with Crippen LogP contribution in [0, 0.1) is 11.3 Å². The molecule has 0 heterocycles. The van der Waals surface area contributed by atoms with Crippen LogP contribution in [0.5, 0.6) is 0 Å². The van der Waals surface area contributed by atoms with E-state index < -0.39 is 0 Å². The summed E-state index contributed by atoms with van der Waals surface area (Å²) in [5, 5.41) is 8.33. The van der Waals surface area contributed by atoms with E-state index in [4.69, 9.17) is 5.26 Å². The van der Waals surface area contributed by atoms with Gasteiger partial charge in [-0.2, -0.15) is 5.26 Å². The van der Waals surface area contributed by atoms with Gasteiger partial charge in [0, 0.05) is 18.7 Å². The molecule has 0 radical (unpaired) electrons. The van der Waals surface area contributed by atoms with Crippen molar-refractivity contribution in [2.45, 2.75) is 38.1 Å². The molecule has 0 aromatic rings. The first kappa shape index (κ1) is 10.3. The Labute approximate surface area is 80.8 Å². The summed E-state index contributed by atoms with van der Waals surface area (Å²) in [5.41, 5.74) is 0. The fourth-order valence-electron chi connectivity index (χ4n) is 1.94. The maximum Gasteiger partial charge on any atom is 0.0909 e. The molecule has 2 nitrogen and oxygen atoms in total. The van der Waals surface area contributed by atoms with Crippen LogP contribution in [-0.4, -0.2) is 24.5 Å². The van der Waals surface area contributed by atoms with Gasteiger partial charge in [0.15, 0.2) is 0 Å². The molecule has 0 N–H and O–H groups in total. The Balaban J connectivity index is 2.25. The number of likely N-dealkylation sites (N-methyl/N-ethyl adjacent to an activating group) is 1. The van der Waals surface area contributed by atoms with Gasteiger partial charge in [0.1, 0.15) is 0 Å². The summed E-state index contributed by atoms with van der Waals surface area (Å²) in [4.78, 5) is 2.35. The second kappa shape index (κ2) is 5.77. The first-order valence-electron chi connectivity index (χ1n) is 5.09. The minimum absolute atomic E-state index is 0.747. The molecular formula is C11H18N2. The molecule has 0 atom stereocenters. The average molecular weight is 178 g/mol. The highest BCUT2D eigenvalue weighted by molar-refractivity contribution is 5.02. The van der Waals surface area contributed by atoms with Gasteiger partial charge >= 0.3 is 0 Å². The summed E-state index contributed by atoms with van der Waals surface area (Å²) in [6, 6.07) is 2.77. The number of rotatable bonds is 3. The van der Waals surface area contributed by atoms with Crippen LogP contribution in [0.15, 0.2) is 12.2 Å². The van der Waals surface area contributed by atoms with Crippen LogP contribution in [0.4, 0.5) is 0 Å². The zero-order valence-electron chi connectivity index (χ0n) is 8.37. The largest absolute Gasteiger partial charge is 0.300 e. The SMILES string of the molecule is CN(C/C=C/C#N)C1CCCCC1. The van der Waals surface area contributed by atoms with Crippen LogP contribution in [0.2, 0.25) is 0 Å². The van der Waals surface area contributed by atoms with E-state index in [1.807, 2.05) is 12.1 Å². The minimum Gasteiger partial charge on any atom is -0.300 e. The molecule has 1 rings (SSSR count). The van der Waals surface area contributed by atoms with Crippen LogP contribution in [0.3, 0.4) is 0 Å². The summed E-state index contributed by atoms with van der Waals surface area (Å²) in [6.45, 7) is 0.915. The Hall–Kier alpha value is -0.810. The van der Waals surface area contributed by atoms with Gasteiger partial charge < -0.3 is 0 Å². The monoisotopic (exact) mass is 178 g/mol. The van der Waals surface area contributed by atoms with Gasteiger partial charge in [-0.3, -0.25) is 4.90 Å². The summed E-state index contributed by atoms with van der Waals surface area (Å²) in [5.74, 6) is 0. The van der Waals surface area contributed by atoms with Crippen LogP contribution in [-0.2, 0) is 0 Å². The highest BCUT2D eigenvalue weighted by Crippen LogP contribution is 2.21. The van der Waals surface area contributed by atoms with Crippen LogP contribution in [0.25, 0.3) is 0 Å². The molecule has 0 unspecified atom stereocenters. The van der Waals surface area contributed by atoms with E-state index in [0.29, 0.717) is 0 Å². The van der Waals surface area contributed by atoms with Crippen molar-refractivity contribution in [2.24, 2.45) is 0 Å². The van der Waals surface area contributed by atoms with Crippen molar-refractivity contribution in [3.8, 4) is 6.07 Å². The summed E-state index contributed by atoms with van der Waals surface area (Å²) in [6.07, 6.45) is 10.3. The maximum absolute atomic E-state index is 8.33. The number of nitrogens with zero attached hydrogens (tertiary/aromatic N) is 2. The Morgan fingerprint density at radius 3 is 2.69 bits per heavy atom. The van der Waals surface area contributed by atoms with Crippen LogP contribution in [0.1, 0.15) is 32.1 Å². The lowest BCUT2D eigenvalue weighted by Gasteiger charge is -2.30. The van der Waals surface area contributed by atoms with Crippen molar-refractivity contribution in [3.05, 3.63) is 12.2 Å². The molecule has 0 spiro atoms. The molecule has 1 aliphatic rings. The van der Waals surface area contributed by atoms with Crippen molar-refractivity contribution in [2.75, 3.05) is 13.6 Å². The van der Waals surface area contributed by atoms with Crippen LogP contribution >= 0.6 is 0 Å². The molecule has 2 heteroatoms. The van der Waals surface area contributed by atoms with E-state index >= 15 is 0 Å². The number of hydrogen-bond acceptors (Lipinski definition) is 2. The van der Waals surface area contributed by atoms with E-state index in [1.165, 1.54) is 32.1 Å². The lowest BCUT2D eigenvalue weighted by atomic mass is 9.94. The first-order chi connectivity index (χ1) is 6.34. The van der Waals surface area contributed by atoms with E-state index in [0.717, 1.165) is 12.6 Å². The predicted octanol–water partition coefficient (Wildman–Crippen LogP) is 2.33. The lowest BCUT2D eigenvalue weighted by molar-refractivity contribution is 0.209. The molecule has 0 aromatic heterocycles. The van der Waals surface area contributed by atoms with Crippen LogP contribution < -0.4 is 0 Å². The highest BCUT2D eigenvalue weighted by Gasteiger charge is 2.16. The third-order valence-corrected chi connectivity index (χ3v) is 2.78. The van der Waals surface area contributed by atoms with Crippen molar-refractivity contribution in [1.29, 1.82) is 5.26 Å². The van der Waals surface area contributed by atoms with Gasteiger partial charge in [-0.25, -0.2) is 0 Å². The smallest absolute Gasteiger partial charge is 0.0909 e. The van der Waals surface area contributed by atoms with Gasteiger partial charge in [0.25, 0.3) is 0 Å². The zero-order valence-corrected chi connectivity index (χ0v) is 8.37. The summed E-state index contributed by atoms with van der Waals surface area (Å²) < 4.78 is 0. The van der Waals surface area contributed by atoms with Crippen molar-refractivity contribution in [3.63, 3.8) is 0 Å². The summed E-state index contributed by atoms with van der Waals surface area (Å²) in [7, 11) is 2.15. The third kappa shape index (κ3) is 3.61. The van der Waals surface area contributed by atoms with Crippen molar-refractivity contribution < 1.29 is 0 Å². The molecular weight excluding hydrogens is 160 g/mol. The molecule has 0 aliphatic heterocycles. The fourth-order valence-corrected chi connectivity index (χ4v) is 1.94. The number of nitriles is 1. The molecule has 1 fully saturated rings. The van der Waals surface area contributed by atoms with E-state index in [9.17, 15) is 0 Å². The Morgan fingerprint density at radius 2 is 2.08 bits per heavy atom. The normalized spacial score (nSPS) is 19.5. The van der Waals surface area contributed by atoms with Crippen molar-refractivity contribution >= 4 is 0 Å². The lowest BCUT2D eigenvalue weighted by Crippen LogP contribution is -2.33. The zero-order chi connectivity index (χ0) is 9.52. The molecule has 0 saturated heterocycles. The second-order valence-electron chi connectivity index (χ2n) is 3.76. The fraction of sp³-hybridized carbons (Fsp3) is 0.727. The average Bonchev–Trinajstić information content (AvgIpc) is 2.19. The van der Waals surface area contributed by atoms with Gasteiger partial charge in [-0.05, 0) is 19.9 Å².